The van der Waals surface area contributed by atoms with Crippen molar-refractivity contribution in [2.24, 2.45) is 5.16 Å². The predicted octanol–water partition coefficient (Wildman–Crippen LogP) is 2.66. The number of aryl methyl sites for hydroxylation is 1. The van der Waals surface area contributed by atoms with Crippen molar-refractivity contribution >= 4 is 23.0 Å². The Bertz CT molecular complexity index is 787. The SMILES string of the molecule is COc1ccccc1C1=NO[C@](C)(C(=O)NCc2nc(C)cs2)C1. The Balaban J connectivity index is 1.66. The minimum absolute atomic E-state index is 0.205. The molecule has 3 rings (SSSR count). The second-order valence-electron chi connectivity index (χ2n) is 5.80. The highest BCUT2D eigenvalue weighted by Crippen LogP contribution is 2.30. The number of thiazole rings is 1. The van der Waals surface area contributed by atoms with Gasteiger partial charge in [0.2, 0.25) is 5.60 Å². The van der Waals surface area contributed by atoms with Crippen LogP contribution in [0.5, 0.6) is 5.75 Å². The van der Waals surface area contributed by atoms with Gasteiger partial charge in [-0.05, 0) is 26.0 Å². The van der Waals surface area contributed by atoms with Crippen molar-refractivity contribution in [3.8, 4) is 5.75 Å². The molecule has 1 aliphatic heterocycles. The van der Waals surface area contributed by atoms with Crippen LogP contribution in [0.2, 0.25) is 0 Å². The van der Waals surface area contributed by atoms with Gasteiger partial charge in [0, 0.05) is 23.1 Å². The standard InChI is InChI=1S/C17H19N3O3S/c1-11-10-24-15(19-11)9-18-16(21)17(2)8-13(20-23-17)12-6-4-5-7-14(12)22-3/h4-7,10H,8-9H2,1-3H3,(H,18,21)/t17-/m0/s1. The number of nitrogens with zero attached hydrogens (tertiary/aromatic N) is 2. The molecule has 2 aromatic rings. The molecule has 0 saturated carbocycles. The van der Waals surface area contributed by atoms with Crippen LogP contribution < -0.4 is 10.1 Å². The van der Waals surface area contributed by atoms with Gasteiger partial charge in [0.15, 0.2) is 0 Å². The molecule has 0 spiro atoms. The molecule has 0 aliphatic carbocycles. The molecule has 1 aromatic carbocycles. The van der Waals surface area contributed by atoms with E-state index in [0.717, 1.165) is 16.3 Å². The molecule has 1 aliphatic rings. The number of aromatic nitrogens is 1. The van der Waals surface area contributed by atoms with Gasteiger partial charge in [0.1, 0.15) is 10.8 Å². The third-order valence-electron chi connectivity index (χ3n) is 3.83. The van der Waals surface area contributed by atoms with Crippen molar-refractivity contribution in [1.82, 2.24) is 10.3 Å². The Morgan fingerprint density at radius 3 is 2.96 bits per heavy atom. The number of rotatable bonds is 5. The monoisotopic (exact) mass is 345 g/mol. The largest absolute Gasteiger partial charge is 0.496 e. The molecule has 1 atom stereocenters. The van der Waals surface area contributed by atoms with Gasteiger partial charge in [-0.3, -0.25) is 4.79 Å². The van der Waals surface area contributed by atoms with Gasteiger partial charge in [-0.15, -0.1) is 11.3 Å². The number of hydrogen-bond donors (Lipinski definition) is 1. The smallest absolute Gasteiger partial charge is 0.267 e. The summed E-state index contributed by atoms with van der Waals surface area (Å²) < 4.78 is 5.35. The van der Waals surface area contributed by atoms with Gasteiger partial charge in [0.05, 0.1) is 19.4 Å². The quantitative estimate of drug-likeness (QED) is 0.904. The van der Waals surface area contributed by atoms with Crippen LogP contribution >= 0.6 is 11.3 Å². The van der Waals surface area contributed by atoms with E-state index in [2.05, 4.69) is 15.5 Å². The van der Waals surface area contributed by atoms with Gasteiger partial charge >= 0.3 is 0 Å². The summed E-state index contributed by atoms with van der Waals surface area (Å²) in [4.78, 5) is 22.3. The fraction of sp³-hybridized carbons (Fsp3) is 0.353. The van der Waals surface area contributed by atoms with Crippen molar-refractivity contribution in [1.29, 1.82) is 0 Å². The van der Waals surface area contributed by atoms with E-state index in [1.807, 2.05) is 36.6 Å². The maximum absolute atomic E-state index is 12.5. The number of carbonyl (C=O) groups excluding carboxylic acids is 1. The molecule has 2 heterocycles. The molecular weight excluding hydrogens is 326 g/mol. The topological polar surface area (TPSA) is 72.8 Å². The van der Waals surface area contributed by atoms with Crippen LogP contribution in [0.4, 0.5) is 0 Å². The fourth-order valence-electron chi connectivity index (χ4n) is 2.52. The first-order chi connectivity index (χ1) is 11.5. The van der Waals surface area contributed by atoms with Gasteiger partial charge in [-0.1, -0.05) is 17.3 Å². The first-order valence-electron chi connectivity index (χ1n) is 7.59. The van der Waals surface area contributed by atoms with Gasteiger partial charge < -0.3 is 14.9 Å². The maximum atomic E-state index is 12.5. The molecule has 0 saturated heterocycles. The third kappa shape index (κ3) is 3.26. The third-order valence-corrected chi connectivity index (χ3v) is 4.79. The van der Waals surface area contributed by atoms with Crippen LogP contribution in [-0.2, 0) is 16.2 Å². The number of carbonyl (C=O) groups is 1. The van der Waals surface area contributed by atoms with Crippen LogP contribution in [0.25, 0.3) is 0 Å². The molecular formula is C17H19N3O3S. The van der Waals surface area contributed by atoms with Gasteiger partial charge in [0.25, 0.3) is 5.91 Å². The number of hydrogen-bond acceptors (Lipinski definition) is 6. The second-order valence-corrected chi connectivity index (χ2v) is 6.75. The highest BCUT2D eigenvalue weighted by molar-refractivity contribution is 7.09. The Hall–Kier alpha value is -2.41. The molecule has 7 heteroatoms. The number of methoxy groups -OCH3 is 1. The van der Waals surface area contributed by atoms with E-state index in [1.165, 1.54) is 11.3 Å². The Kier molecular flexibility index (Phi) is 4.53. The van der Waals surface area contributed by atoms with Crippen LogP contribution in [-0.4, -0.2) is 29.3 Å². The van der Waals surface area contributed by atoms with Crippen LogP contribution in [0.3, 0.4) is 0 Å². The van der Waals surface area contributed by atoms with Crippen molar-refractivity contribution in [3.63, 3.8) is 0 Å². The van der Waals surface area contributed by atoms with Gasteiger partial charge in [-0.2, -0.15) is 0 Å². The van der Waals surface area contributed by atoms with E-state index < -0.39 is 5.60 Å². The lowest BCUT2D eigenvalue weighted by Crippen LogP contribution is -2.44. The number of oxime groups is 1. The summed E-state index contributed by atoms with van der Waals surface area (Å²) in [6.45, 7) is 4.05. The maximum Gasteiger partial charge on any atom is 0.267 e. The average molecular weight is 345 g/mol. The summed E-state index contributed by atoms with van der Waals surface area (Å²) in [5.74, 6) is 0.506. The zero-order valence-electron chi connectivity index (χ0n) is 13.8. The van der Waals surface area contributed by atoms with Crippen LogP contribution in [0, 0.1) is 6.92 Å². The van der Waals surface area contributed by atoms with Crippen LogP contribution in [0.1, 0.15) is 29.6 Å². The second kappa shape index (κ2) is 6.60. The molecule has 1 N–H and O–H groups in total. The number of para-hydroxylation sites is 1. The zero-order valence-corrected chi connectivity index (χ0v) is 14.6. The average Bonchev–Trinajstić information content (AvgIpc) is 3.19. The van der Waals surface area contributed by atoms with E-state index in [1.54, 1.807) is 14.0 Å². The first-order valence-corrected chi connectivity index (χ1v) is 8.47. The number of ether oxygens (including phenoxy) is 1. The normalized spacial score (nSPS) is 19.5. The molecule has 1 aromatic heterocycles. The van der Waals surface area contributed by atoms with Crippen LogP contribution in [0.15, 0.2) is 34.8 Å². The van der Waals surface area contributed by atoms with E-state index >= 15 is 0 Å². The molecule has 0 bridgehead atoms. The van der Waals surface area contributed by atoms with Crippen molar-refractivity contribution in [2.45, 2.75) is 32.4 Å². The molecule has 1 amide bonds. The molecule has 6 nitrogen and oxygen atoms in total. The summed E-state index contributed by atoms with van der Waals surface area (Å²) in [7, 11) is 1.61. The molecule has 24 heavy (non-hydrogen) atoms. The lowest BCUT2D eigenvalue weighted by Gasteiger charge is -2.20. The van der Waals surface area contributed by atoms with Crippen molar-refractivity contribution in [2.75, 3.05) is 7.11 Å². The zero-order chi connectivity index (χ0) is 17.2. The first kappa shape index (κ1) is 16.4. The Morgan fingerprint density at radius 1 is 1.46 bits per heavy atom. The molecule has 0 unspecified atom stereocenters. The van der Waals surface area contributed by atoms with E-state index in [9.17, 15) is 4.79 Å². The minimum Gasteiger partial charge on any atom is -0.496 e. The summed E-state index contributed by atoms with van der Waals surface area (Å²) in [5, 5.41) is 9.81. The lowest BCUT2D eigenvalue weighted by molar-refractivity contribution is -0.141. The molecule has 0 fully saturated rings. The fourth-order valence-corrected chi connectivity index (χ4v) is 3.23. The summed E-state index contributed by atoms with van der Waals surface area (Å²) >= 11 is 1.52. The van der Waals surface area contributed by atoms with Gasteiger partial charge in [-0.25, -0.2) is 4.98 Å². The molecule has 0 radical (unpaired) electrons. The summed E-state index contributed by atoms with van der Waals surface area (Å²) in [6.07, 6.45) is 0.385. The van der Waals surface area contributed by atoms with E-state index in [-0.39, 0.29) is 5.91 Å². The highest BCUT2D eigenvalue weighted by Gasteiger charge is 2.42. The number of benzene rings is 1. The predicted molar refractivity (Wildman–Crippen MR) is 92.3 cm³/mol. The highest BCUT2D eigenvalue weighted by atomic mass is 32.1. The van der Waals surface area contributed by atoms with Crippen molar-refractivity contribution < 1.29 is 14.4 Å². The number of amides is 1. The lowest BCUT2D eigenvalue weighted by atomic mass is 9.94. The summed E-state index contributed by atoms with van der Waals surface area (Å²) in [5.41, 5.74) is 1.47. The van der Waals surface area contributed by atoms with E-state index in [4.69, 9.17) is 9.57 Å². The Morgan fingerprint density at radius 2 is 2.25 bits per heavy atom. The summed E-state index contributed by atoms with van der Waals surface area (Å²) in [6, 6.07) is 7.56. The van der Waals surface area contributed by atoms with E-state index in [0.29, 0.717) is 24.4 Å². The number of nitrogens with one attached hydrogen (secondary N) is 1. The Labute approximate surface area is 144 Å². The van der Waals surface area contributed by atoms with Crippen molar-refractivity contribution in [3.05, 3.63) is 45.9 Å². The minimum atomic E-state index is -1.03. The molecule has 126 valence electrons.